The monoisotopic (exact) mass is 250 g/mol. The van der Waals surface area contributed by atoms with Gasteiger partial charge in [0.05, 0.1) is 0 Å². The van der Waals surface area contributed by atoms with Gasteiger partial charge in [0, 0.05) is 25.7 Å². The minimum Gasteiger partial charge on any atom is -0.325 e. The maximum absolute atomic E-state index is 12.7. The molecule has 0 aromatic carbocycles. The topological polar surface area (TPSA) is 23.6 Å². The predicted octanol–water partition coefficient (Wildman–Crippen LogP) is 3.25. The molecule has 3 heteroatoms. The fourth-order valence-electron chi connectivity index (χ4n) is 4.09. The Morgan fingerprint density at radius 3 is 2.28 bits per heavy atom. The first-order valence-electron chi connectivity index (χ1n) is 7.92. The molecule has 2 heterocycles. The summed E-state index contributed by atoms with van der Waals surface area (Å²) in [7, 11) is 0. The maximum atomic E-state index is 12.7. The van der Waals surface area contributed by atoms with Crippen molar-refractivity contribution in [2.75, 3.05) is 19.6 Å². The van der Waals surface area contributed by atoms with Crippen molar-refractivity contribution in [2.45, 2.75) is 63.8 Å². The third-order valence-electron chi connectivity index (χ3n) is 5.13. The largest absolute Gasteiger partial charge is 0.325 e. The van der Waals surface area contributed by atoms with Gasteiger partial charge in [0.15, 0.2) is 0 Å². The maximum Gasteiger partial charge on any atom is 0.320 e. The quantitative estimate of drug-likeness (QED) is 0.647. The van der Waals surface area contributed by atoms with Crippen molar-refractivity contribution >= 4 is 6.03 Å². The number of urea groups is 1. The van der Waals surface area contributed by atoms with Crippen molar-refractivity contribution in [1.29, 1.82) is 0 Å². The molecule has 0 N–H and O–H groups in total. The first kappa shape index (κ1) is 12.3. The van der Waals surface area contributed by atoms with Gasteiger partial charge in [0.1, 0.15) is 0 Å². The highest BCUT2D eigenvalue weighted by molar-refractivity contribution is 5.75. The second-order valence-corrected chi connectivity index (χ2v) is 6.28. The SMILES string of the molecule is O=C(N1CCCCCC1)N1CCC2CCCCC21. The fourth-order valence-corrected chi connectivity index (χ4v) is 4.09. The molecule has 0 bridgehead atoms. The van der Waals surface area contributed by atoms with Gasteiger partial charge in [-0.1, -0.05) is 25.7 Å². The molecular formula is C15H26N2O. The molecule has 2 unspecified atom stereocenters. The summed E-state index contributed by atoms with van der Waals surface area (Å²) in [5.74, 6) is 0.815. The number of likely N-dealkylation sites (tertiary alicyclic amines) is 2. The van der Waals surface area contributed by atoms with E-state index in [9.17, 15) is 4.79 Å². The lowest BCUT2D eigenvalue weighted by atomic mass is 9.85. The molecule has 2 amide bonds. The standard InChI is InChI=1S/C15H26N2O/c18-15(16-10-5-1-2-6-11-16)17-12-9-13-7-3-4-8-14(13)17/h13-14H,1-12H2. The second kappa shape index (κ2) is 5.50. The number of carbonyl (C=O) groups excluding carboxylic acids is 1. The molecule has 18 heavy (non-hydrogen) atoms. The van der Waals surface area contributed by atoms with Crippen LogP contribution in [0.3, 0.4) is 0 Å². The minimum atomic E-state index is 0.353. The van der Waals surface area contributed by atoms with Crippen molar-refractivity contribution in [3.8, 4) is 0 Å². The van der Waals surface area contributed by atoms with Crippen molar-refractivity contribution in [3.63, 3.8) is 0 Å². The van der Waals surface area contributed by atoms with Crippen LogP contribution in [-0.2, 0) is 0 Å². The molecule has 3 aliphatic rings. The smallest absolute Gasteiger partial charge is 0.320 e. The summed E-state index contributed by atoms with van der Waals surface area (Å²) in [5, 5.41) is 0. The van der Waals surface area contributed by atoms with Crippen LogP contribution in [0.1, 0.15) is 57.8 Å². The summed E-state index contributed by atoms with van der Waals surface area (Å²) in [5.41, 5.74) is 0. The van der Waals surface area contributed by atoms with Gasteiger partial charge in [-0.25, -0.2) is 4.79 Å². The molecule has 2 aliphatic heterocycles. The average molecular weight is 250 g/mol. The summed E-state index contributed by atoms with van der Waals surface area (Å²) in [4.78, 5) is 17.0. The zero-order valence-electron chi connectivity index (χ0n) is 11.4. The molecule has 2 saturated heterocycles. The van der Waals surface area contributed by atoms with Crippen LogP contribution in [0.15, 0.2) is 0 Å². The van der Waals surface area contributed by atoms with Crippen molar-refractivity contribution in [1.82, 2.24) is 9.80 Å². The van der Waals surface area contributed by atoms with E-state index in [4.69, 9.17) is 0 Å². The van der Waals surface area contributed by atoms with Crippen molar-refractivity contribution in [3.05, 3.63) is 0 Å². The van der Waals surface area contributed by atoms with E-state index in [1.807, 2.05) is 0 Å². The second-order valence-electron chi connectivity index (χ2n) is 6.28. The number of amides is 2. The zero-order chi connectivity index (χ0) is 12.4. The lowest BCUT2D eigenvalue weighted by Gasteiger charge is -2.35. The Hall–Kier alpha value is -0.730. The van der Waals surface area contributed by atoms with Gasteiger partial charge in [-0.2, -0.15) is 0 Å². The number of rotatable bonds is 0. The van der Waals surface area contributed by atoms with Crippen LogP contribution in [0.5, 0.6) is 0 Å². The first-order valence-corrected chi connectivity index (χ1v) is 7.92. The highest BCUT2D eigenvalue weighted by Crippen LogP contribution is 2.36. The van der Waals surface area contributed by atoms with E-state index >= 15 is 0 Å². The fraction of sp³-hybridized carbons (Fsp3) is 0.933. The normalized spacial score (nSPS) is 33.1. The molecular weight excluding hydrogens is 224 g/mol. The number of fused-ring (bicyclic) bond motifs is 1. The molecule has 3 fully saturated rings. The number of hydrogen-bond donors (Lipinski definition) is 0. The molecule has 1 aliphatic carbocycles. The van der Waals surface area contributed by atoms with E-state index in [0.29, 0.717) is 12.1 Å². The number of hydrogen-bond acceptors (Lipinski definition) is 1. The molecule has 0 spiro atoms. The predicted molar refractivity (Wildman–Crippen MR) is 72.5 cm³/mol. The number of carbonyl (C=O) groups is 1. The van der Waals surface area contributed by atoms with Gasteiger partial charge in [0.2, 0.25) is 0 Å². The summed E-state index contributed by atoms with van der Waals surface area (Å²) in [6.07, 6.45) is 11.6. The van der Waals surface area contributed by atoms with E-state index in [0.717, 1.165) is 25.6 Å². The van der Waals surface area contributed by atoms with Crippen LogP contribution in [0, 0.1) is 5.92 Å². The Balaban J connectivity index is 1.64. The van der Waals surface area contributed by atoms with Crippen LogP contribution in [0.2, 0.25) is 0 Å². The van der Waals surface area contributed by atoms with Crippen LogP contribution >= 0.6 is 0 Å². The molecule has 0 aromatic rings. The highest BCUT2D eigenvalue weighted by Gasteiger charge is 2.39. The Morgan fingerprint density at radius 2 is 1.50 bits per heavy atom. The molecule has 3 rings (SSSR count). The Bertz CT molecular complexity index is 297. The summed E-state index contributed by atoms with van der Waals surface area (Å²) < 4.78 is 0. The Kier molecular flexibility index (Phi) is 3.76. The lowest BCUT2D eigenvalue weighted by Crippen LogP contribution is -2.47. The lowest BCUT2D eigenvalue weighted by molar-refractivity contribution is 0.133. The molecule has 1 saturated carbocycles. The van der Waals surface area contributed by atoms with Crippen molar-refractivity contribution in [2.24, 2.45) is 5.92 Å². The van der Waals surface area contributed by atoms with Gasteiger partial charge in [-0.05, 0) is 38.0 Å². The summed E-state index contributed by atoms with van der Waals surface area (Å²) >= 11 is 0. The Morgan fingerprint density at radius 1 is 0.778 bits per heavy atom. The van der Waals surface area contributed by atoms with Crippen LogP contribution in [0.4, 0.5) is 4.79 Å². The van der Waals surface area contributed by atoms with Crippen LogP contribution < -0.4 is 0 Å². The van der Waals surface area contributed by atoms with E-state index in [1.165, 1.54) is 57.8 Å². The third kappa shape index (κ3) is 2.36. The molecule has 0 aromatic heterocycles. The van der Waals surface area contributed by atoms with E-state index in [2.05, 4.69) is 9.80 Å². The van der Waals surface area contributed by atoms with E-state index < -0.39 is 0 Å². The Labute approximate surface area is 111 Å². The zero-order valence-corrected chi connectivity index (χ0v) is 11.4. The molecule has 102 valence electrons. The van der Waals surface area contributed by atoms with Gasteiger partial charge in [-0.3, -0.25) is 0 Å². The minimum absolute atomic E-state index is 0.353. The summed E-state index contributed by atoms with van der Waals surface area (Å²) in [6.45, 7) is 3.00. The van der Waals surface area contributed by atoms with Gasteiger partial charge >= 0.3 is 6.03 Å². The summed E-state index contributed by atoms with van der Waals surface area (Å²) in [6, 6.07) is 0.931. The van der Waals surface area contributed by atoms with Crippen molar-refractivity contribution < 1.29 is 4.79 Å². The number of nitrogens with zero attached hydrogens (tertiary/aromatic N) is 2. The highest BCUT2D eigenvalue weighted by atomic mass is 16.2. The first-order chi connectivity index (χ1) is 8.86. The van der Waals surface area contributed by atoms with Gasteiger partial charge in [-0.15, -0.1) is 0 Å². The molecule has 3 nitrogen and oxygen atoms in total. The van der Waals surface area contributed by atoms with Crippen LogP contribution in [-0.4, -0.2) is 41.5 Å². The van der Waals surface area contributed by atoms with Crippen LogP contribution in [0.25, 0.3) is 0 Å². The average Bonchev–Trinajstić information content (AvgIpc) is 2.65. The third-order valence-corrected chi connectivity index (χ3v) is 5.13. The molecule has 0 radical (unpaired) electrons. The van der Waals surface area contributed by atoms with E-state index in [1.54, 1.807) is 0 Å². The molecule has 2 atom stereocenters. The van der Waals surface area contributed by atoms with E-state index in [-0.39, 0.29) is 0 Å². The van der Waals surface area contributed by atoms with Gasteiger partial charge in [0.25, 0.3) is 0 Å². The van der Waals surface area contributed by atoms with Gasteiger partial charge < -0.3 is 9.80 Å².